The molecule has 0 spiro atoms. The van der Waals surface area contributed by atoms with Gasteiger partial charge in [0.1, 0.15) is 11.1 Å². The van der Waals surface area contributed by atoms with Crippen molar-refractivity contribution in [3.63, 3.8) is 0 Å². The Morgan fingerprint density at radius 2 is 1.94 bits per heavy atom. The lowest BCUT2D eigenvalue weighted by Gasteiger charge is -2.29. The van der Waals surface area contributed by atoms with E-state index in [0.717, 1.165) is 18.8 Å². The largest absolute Gasteiger partial charge is 0.422 e. The average molecular weight is 422 g/mol. The molecule has 1 N–H and O–H groups in total. The lowest BCUT2D eigenvalue weighted by atomic mass is 10.1. The second kappa shape index (κ2) is 9.18. The van der Waals surface area contributed by atoms with Crippen molar-refractivity contribution in [1.82, 2.24) is 4.98 Å². The summed E-state index contributed by atoms with van der Waals surface area (Å²) in [4.78, 5) is 34.1. The number of nitrogens with zero attached hydrogens (tertiary/aromatic N) is 3. The molecule has 0 atom stereocenters. The van der Waals surface area contributed by atoms with Gasteiger partial charge >= 0.3 is 5.63 Å². The van der Waals surface area contributed by atoms with E-state index in [1.165, 1.54) is 0 Å². The number of hydrogen-bond donors (Lipinski definition) is 1. The van der Waals surface area contributed by atoms with Crippen LogP contribution in [0.15, 0.2) is 51.8 Å². The van der Waals surface area contributed by atoms with E-state index < -0.39 is 11.5 Å². The van der Waals surface area contributed by atoms with Crippen molar-refractivity contribution in [2.75, 3.05) is 54.5 Å². The fraction of sp³-hybridized carbons (Fsp3) is 0.348. The molecule has 8 nitrogen and oxygen atoms in total. The van der Waals surface area contributed by atoms with Crippen molar-refractivity contribution in [2.45, 2.75) is 13.8 Å². The van der Waals surface area contributed by atoms with Crippen molar-refractivity contribution < 1.29 is 13.9 Å². The Labute approximate surface area is 180 Å². The number of amides is 1. The van der Waals surface area contributed by atoms with E-state index in [1.807, 2.05) is 18.2 Å². The maximum absolute atomic E-state index is 12.9. The Morgan fingerprint density at radius 1 is 1.16 bits per heavy atom. The fourth-order valence-corrected chi connectivity index (χ4v) is 3.75. The Bertz CT molecular complexity index is 1130. The molecular formula is C23H26N4O4. The third kappa shape index (κ3) is 4.39. The molecule has 3 heterocycles. The number of ether oxygens (including phenoxy) is 1. The second-order valence-electron chi connectivity index (χ2n) is 7.27. The first-order valence-electron chi connectivity index (χ1n) is 10.5. The Balaban J connectivity index is 1.62. The van der Waals surface area contributed by atoms with Crippen molar-refractivity contribution in [2.24, 2.45) is 0 Å². The standard InChI is InChI=1S/C23H26N4O4/c1-3-26(4-2)17-8-7-16-14-18(23(29)31-20(16)15-17)22(28)25-19-6-5-9-24-21(19)27-10-12-30-13-11-27/h5-9,14-15H,3-4,10-13H2,1-2H3,(H,25,28). The molecule has 1 aliphatic rings. The summed E-state index contributed by atoms with van der Waals surface area (Å²) in [5.74, 6) is 0.138. The third-order valence-corrected chi connectivity index (χ3v) is 5.44. The SMILES string of the molecule is CCN(CC)c1ccc2cc(C(=O)Nc3cccnc3N3CCOCC3)c(=O)oc2c1. The first-order valence-corrected chi connectivity index (χ1v) is 10.5. The molecule has 0 radical (unpaired) electrons. The molecule has 1 amide bonds. The number of pyridine rings is 1. The highest BCUT2D eigenvalue weighted by molar-refractivity contribution is 6.06. The van der Waals surface area contributed by atoms with Gasteiger partial charge in [0.05, 0.1) is 18.9 Å². The fourth-order valence-electron chi connectivity index (χ4n) is 3.75. The molecule has 8 heteroatoms. The number of benzene rings is 1. The van der Waals surface area contributed by atoms with Gasteiger partial charge in [-0.05, 0) is 44.2 Å². The molecule has 162 valence electrons. The number of aromatic nitrogens is 1. The predicted molar refractivity (Wildman–Crippen MR) is 121 cm³/mol. The highest BCUT2D eigenvalue weighted by atomic mass is 16.5. The van der Waals surface area contributed by atoms with Crippen molar-refractivity contribution in [1.29, 1.82) is 0 Å². The third-order valence-electron chi connectivity index (χ3n) is 5.44. The van der Waals surface area contributed by atoms with Crippen LogP contribution in [0.5, 0.6) is 0 Å². The summed E-state index contributed by atoms with van der Waals surface area (Å²) in [5.41, 5.74) is 1.27. The van der Waals surface area contributed by atoms with Crippen LogP contribution in [-0.2, 0) is 4.74 Å². The lowest BCUT2D eigenvalue weighted by Crippen LogP contribution is -2.37. The summed E-state index contributed by atoms with van der Waals surface area (Å²) in [5, 5.41) is 3.52. The minimum Gasteiger partial charge on any atom is -0.422 e. The van der Waals surface area contributed by atoms with Gasteiger partial charge in [0.25, 0.3) is 5.91 Å². The maximum atomic E-state index is 12.9. The maximum Gasteiger partial charge on any atom is 0.349 e. The monoisotopic (exact) mass is 422 g/mol. The van der Waals surface area contributed by atoms with E-state index in [2.05, 4.69) is 33.9 Å². The van der Waals surface area contributed by atoms with Gasteiger partial charge < -0.3 is 24.3 Å². The van der Waals surface area contributed by atoms with E-state index in [0.29, 0.717) is 48.8 Å². The molecule has 2 aromatic heterocycles. The minimum absolute atomic E-state index is 0.0418. The topological polar surface area (TPSA) is 87.9 Å². The molecule has 4 rings (SSSR count). The quantitative estimate of drug-likeness (QED) is 0.611. The summed E-state index contributed by atoms with van der Waals surface area (Å²) in [6.45, 7) is 8.43. The normalized spacial score (nSPS) is 13.9. The second-order valence-corrected chi connectivity index (χ2v) is 7.27. The van der Waals surface area contributed by atoms with Gasteiger partial charge in [0, 0.05) is 49.5 Å². The molecule has 0 bridgehead atoms. The number of anilines is 3. The Hall–Kier alpha value is -3.39. The van der Waals surface area contributed by atoms with Gasteiger partial charge in [-0.25, -0.2) is 9.78 Å². The van der Waals surface area contributed by atoms with Crippen LogP contribution in [0.4, 0.5) is 17.2 Å². The van der Waals surface area contributed by atoms with Crippen LogP contribution < -0.4 is 20.7 Å². The number of rotatable bonds is 6. The Morgan fingerprint density at radius 3 is 2.68 bits per heavy atom. The zero-order valence-corrected chi connectivity index (χ0v) is 17.8. The lowest BCUT2D eigenvalue weighted by molar-refractivity contribution is 0.102. The first kappa shape index (κ1) is 20.9. The number of fused-ring (bicyclic) bond motifs is 1. The zero-order valence-electron chi connectivity index (χ0n) is 17.8. The molecule has 0 unspecified atom stereocenters. The summed E-state index contributed by atoms with van der Waals surface area (Å²) >= 11 is 0. The molecule has 0 aliphatic carbocycles. The van der Waals surface area contributed by atoms with Gasteiger partial charge in [-0.1, -0.05) is 0 Å². The highest BCUT2D eigenvalue weighted by Gasteiger charge is 2.20. The summed E-state index contributed by atoms with van der Waals surface area (Å²) < 4.78 is 10.9. The van der Waals surface area contributed by atoms with E-state index in [1.54, 1.807) is 24.4 Å². The number of morpholine rings is 1. The molecule has 0 saturated carbocycles. The van der Waals surface area contributed by atoms with Crippen LogP contribution in [0, 0.1) is 0 Å². The van der Waals surface area contributed by atoms with Crippen LogP contribution in [0.25, 0.3) is 11.0 Å². The van der Waals surface area contributed by atoms with Gasteiger partial charge in [0.15, 0.2) is 5.82 Å². The summed E-state index contributed by atoms with van der Waals surface area (Å²) in [7, 11) is 0. The van der Waals surface area contributed by atoms with Crippen LogP contribution in [0.2, 0.25) is 0 Å². The molecular weight excluding hydrogens is 396 g/mol. The van der Waals surface area contributed by atoms with Crippen LogP contribution in [-0.4, -0.2) is 50.3 Å². The average Bonchev–Trinajstić information content (AvgIpc) is 2.80. The van der Waals surface area contributed by atoms with E-state index in [-0.39, 0.29) is 5.56 Å². The number of carbonyl (C=O) groups excluding carboxylic acids is 1. The summed E-state index contributed by atoms with van der Waals surface area (Å²) in [6, 6.07) is 10.8. The highest BCUT2D eigenvalue weighted by Crippen LogP contribution is 2.25. The molecule has 1 saturated heterocycles. The number of hydrogen-bond acceptors (Lipinski definition) is 7. The molecule has 3 aromatic rings. The first-order chi connectivity index (χ1) is 15.1. The van der Waals surface area contributed by atoms with Crippen LogP contribution >= 0.6 is 0 Å². The van der Waals surface area contributed by atoms with Gasteiger partial charge in [-0.2, -0.15) is 0 Å². The number of carbonyl (C=O) groups is 1. The zero-order chi connectivity index (χ0) is 21.8. The van der Waals surface area contributed by atoms with Crippen molar-refractivity contribution in [3.8, 4) is 0 Å². The van der Waals surface area contributed by atoms with Crippen molar-refractivity contribution >= 4 is 34.1 Å². The molecule has 31 heavy (non-hydrogen) atoms. The number of nitrogens with one attached hydrogen (secondary N) is 1. The molecule has 1 aliphatic heterocycles. The van der Waals surface area contributed by atoms with Gasteiger partial charge in [-0.3, -0.25) is 4.79 Å². The molecule has 1 fully saturated rings. The molecule has 1 aromatic carbocycles. The summed E-state index contributed by atoms with van der Waals surface area (Å²) in [6.07, 6.45) is 1.68. The van der Waals surface area contributed by atoms with E-state index in [4.69, 9.17) is 9.15 Å². The van der Waals surface area contributed by atoms with Crippen LogP contribution in [0.3, 0.4) is 0 Å². The predicted octanol–water partition coefficient (Wildman–Crippen LogP) is 3.12. The van der Waals surface area contributed by atoms with E-state index in [9.17, 15) is 9.59 Å². The van der Waals surface area contributed by atoms with Crippen LogP contribution in [0.1, 0.15) is 24.2 Å². The smallest absolute Gasteiger partial charge is 0.349 e. The minimum atomic E-state index is -0.668. The Kier molecular flexibility index (Phi) is 6.18. The van der Waals surface area contributed by atoms with Gasteiger partial charge in [0.2, 0.25) is 0 Å². The van der Waals surface area contributed by atoms with Crippen molar-refractivity contribution in [3.05, 3.63) is 58.6 Å². The van der Waals surface area contributed by atoms with E-state index >= 15 is 0 Å². The van der Waals surface area contributed by atoms with Gasteiger partial charge in [-0.15, -0.1) is 0 Å².